The summed E-state index contributed by atoms with van der Waals surface area (Å²) in [7, 11) is 0. The summed E-state index contributed by atoms with van der Waals surface area (Å²) in [5.41, 5.74) is 6.14. The van der Waals surface area contributed by atoms with E-state index in [4.69, 9.17) is 15.2 Å². The standard InChI is InChI=1S/C14H20N2O3/c1-3-14(2,8-15)13(17)16-7-10-4-5-11-12(6-10)19-9-18-11/h4-6H,3,7-9,15H2,1-2H3,(H,16,17). The third-order valence-electron chi connectivity index (χ3n) is 3.67. The Kier molecular flexibility index (Phi) is 3.95. The highest BCUT2D eigenvalue weighted by Crippen LogP contribution is 2.32. The highest BCUT2D eigenvalue weighted by Gasteiger charge is 2.29. The molecule has 1 heterocycles. The second-order valence-corrected chi connectivity index (χ2v) is 4.99. The Morgan fingerprint density at radius 1 is 1.42 bits per heavy atom. The van der Waals surface area contributed by atoms with Gasteiger partial charge in [0, 0.05) is 13.1 Å². The first-order valence-corrected chi connectivity index (χ1v) is 6.46. The van der Waals surface area contributed by atoms with Crippen molar-refractivity contribution in [3.05, 3.63) is 23.8 Å². The molecule has 0 spiro atoms. The van der Waals surface area contributed by atoms with Gasteiger partial charge < -0.3 is 20.5 Å². The zero-order valence-electron chi connectivity index (χ0n) is 11.4. The van der Waals surface area contributed by atoms with Crippen LogP contribution in [0.2, 0.25) is 0 Å². The molecule has 5 heteroatoms. The van der Waals surface area contributed by atoms with E-state index in [1.54, 1.807) is 0 Å². The van der Waals surface area contributed by atoms with Crippen molar-refractivity contribution in [1.29, 1.82) is 0 Å². The molecular weight excluding hydrogens is 244 g/mol. The summed E-state index contributed by atoms with van der Waals surface area (Å²) < 4.78 is 10.5. The molecule has 1 aliphatic rings. The van der Waals surface area contributed by atoms with Crippen molar-refractivity contribution < 1.29 is 14.3 Å². The van der Waals surface area contributed by atoms with Gasteiger partial charge in [0.15, 0.2) is 11.5 Å². The highest BCUT2D eigenvalue weighted by atomic mass is 16.7. The fourth-order valence-corrected chi connectivity index (χ4v) is 1.84. The normalized spacial score (nSPS) is 15.9. The van der Waals surface area contributed by atoms with E-state index in [1.165, 1.54) is 0 Å². The van der Waals surface area contributed by atoms with Crippen LogP contribution in [0.5, 0.6) is 11.5 Å². The maximum Gasteiger partial charge on any atom is 0.231 e. The smallest absolute Gasteiger partial charge is 0.231 e. The van der Waals surface area contributed by atoms with Gasteiger partial charge in [-0.3, -0.25) is 4.79 Å². The monoisotopic (exact) mass is 264 g/mol. The van der Waals surface area contributed by atoms with E-state index in [1.807, 2.05) is 32.0 Å². The van der Waals surface area contributed by atoms with Crippen molar-refractivity contribution in [1.82, 2.24) is 5.32 Å². The highest BCUT2D eigenvalue weighted by molar-refractivity contribution is 5.82. The Balaban J connectivity index is 1.97. The lowest BCUT2D eigenvalue weighted by molar-refractivity contribution is -0.130. The van der Waals surface area contributed by atoms with Crippen molar-refractivity contribution in [2.24, 2.45) is 11.1 Å². The summed E-state index contributed by atoms with van der Waals surface area (Å²) in [5.74, 6) is 1.45. The average Bonchev–Trinajstić information content (AvgIpc) is 2.91. The number of hydrogen-bond acceptors (Lipinski definition) is 4. The molecule has 1 aromatic rings. The van der Waals surface area contributed by atoms with Gasteiger partial charge in [-0.25, -0.2) is 0 Å². The molecule has 0 saturated carbocycles. The predicted molar refractivity (Wildman–Crippen MR) is 71.9 cm³/mol. The molecule has 0 aliphatic carbocycles. The molecule has 0 bridgehead atoms. The minimum absolute atomic E-state index is 0.0184. The van der Waals surface area contributed by atoms with Gasteiger partial charge >= 0.3 is 0 Å². The van der Waals surface area contributed by atoms with Gasteiger partial charge in [-0.05, 0) is 31.0 Å². The molecule has 1 amide bonds. The van der Waals surface area contributed by atoms with E-state index in [0.29, 0.717) is 13.1 Å². The number of rotatable bonds is 5. The summed E-state index contributed by atoms with van der Waals surface area (Å²) in [4.78, 5) is 12.1. The zero-order valence-corrected chi connectivity index (χ0v) is 11.4. The predicted octanol–water partition coefficient (Wildman–Crippen LogP) is 1.41. The maximum atomic E-state index is 12.1. The molecule has 1 aliphatic heterocycles. The van der Waals surface area contributed by atoms with E-state index in [2.05, 4.69) is 5.32 Å². The maximum absolute atomic E-state index is 12.1. The van der Waals surface area contributed by atoms with Crippen LogP contribution < -0.4 is 20.5 Å². The molecule has 1 aromatic carbocycles. The molecule has 1 atom stereocenters. The summed E-state index contributed by atoms with van der Waals surface area (Å²) >= 11 is 0. The SMILES string of the molecule is CCC(C)(CN)C(=O)NCc1ccc2c(c1)OCO2. The minimum atomic E-state index is -0.504. The van der Waals surface area contributed by atoms with Gasteiger partial charge in [0.1, 0.15) is 0 Å². The second kappa shape index (κ2) is 5.48. The van der Waals surface area contributed by atoms with Crippen LogP contribution in [-0.4, -0.2) is 19.2 Å². The van der Waals surface area contributed by atoms with E-state index < -0.39 is 5.41 Å². The first-order valence-electron chi connectivity index (χ1n) is 6.46. The van der Waals surface area contributed by atoms with Crippen LogP contribution in [0.15, 0.2) is 18.2 Å². The Morgan fingerprint density at radius 3 is 2.84 bits per heavy atom. The number of hydrogen-bond donors (Lipinski definition) is 2. The topological polar surface area (TPSA) is 73.6 Å². The molecule has 0 radical (unpaired) electrons. The van der Waals surface area contributed by atoms with Crippen molar-refractivity contribution >= 4 is 5.91 Å². The molecule has 2 rings (SSSR count). The first kappa shape index (κ1) is 13.7. The number of nitrogens with two attached hydrogens (primary N) is 1. The van der Waals surface area contributed by atoms with Crippen molar-refractivity contribution in [2.75, 3.05) is 13.3 Å². The first-order chi connectivity index (χ1) is 9.09. The largest absolute Gasteiger partial charge is 0.454 e. The van der Waals surface area contributed by atoms with Crippen LogP contribution in [0.1, 0.15) is 25.8 Å². The van der Waals surface area contributed by atoms with Gasteiger partial charge in [-0.1, -0.05) is 13.0 Å². The second-order valence-electron chi connectivity index (χ2n) is 4.99. The minimum Gasteiger partial charge on any atom is -0.454 e. The number of amides is 1. The Labute approximate surface area is 113 Å². The molecular formula is C14H20N2O3. The van der Waals surface area contributed by atoms with Crippen molar-refractivity contribution in [2.45, 2.75) is 26.8 Å². The number of ether oxygens (including phenoxy) is 2. The van der Waals surface area contributed by atoms with Crippen LogP contribution in [0.4, 0.5) is 0 Å². The summed E-state index contributed by atoms with van der Waals surface area (Å²) in [6, 6.07) is 5.65. The lowest BCUT2D eigenvalue weighted by Crippen LogP contribution is -2.43. The van der Waals surface area contributed by atoms with Crippen LogP contribution in [0.25, 0.3) is 0 Å². The van der Waals surface area contributed by atoms with Crippen LogP contribution >= 0.6 is 0 Å². The Hall–Kier alpha value is -1.75. The van der Waals surface area contributed by atoms with Crippen LogP contribution in [0, 0.1) is 5.41 Å². The average molecular weight is 264 g/mol. The van der Waals surface area contributed by atoms with Crippen LogP contribution in [-0.2, 0) is 11.3 Å². The van der Waals surface area contributed by atoms with E-state index in [0.717, 1.165) is 23.5 Å². The summed E-state index contributed by atoms with van der Waals surface area (Å²) in [6.45, 7) is 4.91. The number of nitrogens with one attached hydrogen (secondary N) is 1. The lowest BCUT2D eigenvalue weighted by atomic mass is 9.86. The van der Waals surface area contributed by atoms with Gasteiger partial charge in [-0.15, -0.1) is 0 Å². The molecule has 0 fully saturated rings. The van der Waals surface area contributed by atoms with Crippen molar-refractivity contribution in [3.63, 3.8) is 0 Å². The van der Waals surface area contributed by atoms with E-state index in [-0.39, 0.29) is 12.7 Å². The molecule has 0 aromatic heterocycles. The number of fused-ring (bicyclic) bond motifs is 1. The third kappa shape index (κ3) is 2.81. The number of benzene rings is 1. The van der Waals surface area contributed by atoms with E-state index >= 15 is 0 Å². The van der Waals surface area contributed by atoms with Crippen molar-refractivity contribution in [3.8, 4) is 11.5 Å². The summed E-state index contributed by atoms with van der Waals surface area (Å²) in [5, 5.41) is 2.92. The lowest BCUT2D eigenvalue weighted by Gasteiger charge is -2.24. The van der Waals surface area contributed by atoms with Crippen LogP contribution in [0.3, 0.4) is 0 Å². The molecule has 104 valence electrons. The Morgan fingerprint density at radius 2 is 2.16 bits per heavy atom. The summed E-state index contributed by atoms with van der Waals surface area (Å²) in [6.07, 6.45) is 0.719. The Bertz CT molecular complexity index is 470. The molecule has 5 nitrogen and oxygen atoms in total. The van der Waals surface area contributed by atoms with Gasteiger partial charge in [0.2, 0.25) is 12.7 Å². The quantitative estimate of drug-likeness (QED) is 0.843. The molecule has 1 unspecified atom stereocenters. The molecule has 3 N–H and O–H groups in total. The molecule has 19 heavy (non-hydrogen) atoms. The van der Waals surface area contributed by atoms with Gasteiger partial charge in [0.05, 0.1) is 5.41 Å². The van der Waals surface area contributed by atoms with E-state index in [9.17, 15) is 4.79 Å². The fourth-order valence-electron chi connectivity index (χ4n) is 1.84. The molecule has 0 saturated heterocycles. The number of carbonyl (C=O) groups is 1. The fraction of sp³-hybridized carbons (Fsp3) is 0.500. The van der Waals surface area contributed by atoms with Gasteiger partial charge in [-0.2, -0.15) is 0 Å². The third-order valence-corrected chi connectivity index (χ3v) is 3.67. The van der Waals surface area contributed by atoms with Gasteiger partial charge in [0.25, 0.3) is 0 Å². The number of carbonyl (C=O) groups excluding carboxylic acids is 1. The zero-order chi connectivity index (χ0) is 13.9.